The number of carboxylic acid groups (broad SMARTS) is 1. The van der Waals surface area contributed by atoms with Crippen LogP contribution in [0.4, 0.5) is 5.95 Å². The lowest BCUT2D eigenvalue weighted by Crippen LogP contribution is -2.51. The molecule has 7 heteroatoms. The van der Waals surface area contributed by atoms with Crippen LogP contribution in [-0.4, -0.2) is 50.3 Å². The van der Waals surface area contributed by atoms with Crippen molar-refractivity contribution in [3.63, 3.8) is 0 Å². The van der Waals surface area contributed by atoms with E-state index >= 15 is 0 Å². The van der Waals surface area contributed by atoms with E-state index in [1.165, 1.54) is 18.3 Å². The molecule has 2 aromatic rings. The van der Waals surface area contributed by atoms with E-state index in [2.05, 4.69) is 15.0 Å². The number of carboxylic acids is 1. The largest absolute Gasteiger partial charge is 0.478 e. The van der Waals surface area contributed by atoms with Crippen LogP contribution in [0.1, 0.15) is 10.4 Å². The van der Waals surface area contributed by atoms with Crippen LogP contribution in [0.2, 0.25) is 0 Å². The van der Waals surface area contributed by atoms with Crippen LogP contribution in [0, 0.1) is 0 Å². The number of pyridine rings is 1. The predicted octanol–water partition coefficient (Wildman–Crippen LogP) is 0.418. The lowest BCUT2D eigenvalue weighted by Gasteiger charge is -2.35. The first-order valence-corrected chi connectivity index (χ1v) is 6.09. The van der Waals surface area contributed by atoms with Gasteiger partial charge in [0.05, 0.1) is 23.1 Å². The molecule has 0 spiro atoms. The first kappa shape index (κ1) is 12.5. The van der Waals surface area contributed by atoms with Gasteiger partial charge in [-0.1, -0.05) is 0 Å². The molecule has 20 heavy (non-hydrogen) atoms. The summed E-state index contributed by atoms with van der Waals surface area (Å²) in [5.74, 6) is -0.496. The Morgan fingerprint density at radius 2 is 1.95 bits per heavy atom. The summed E-state index contributed by atoms with van der Waals surface area (Å²) in [7, 11) is 0. The third-order valence-electron chi connectivity index (χ3n) is 3.06. The predicted molar refractivity (Wildman–Crippen MR) is 70.4 cm³/mol. The number of β-amino-alcohol motifs (C(OH)–C–C–N with tert-alkyl or cyclic N) is 1. The molecule has 1 aliphatic rings. The summed E-state index contributed by atoms with van der Waals surface area (Å²) in [5, 5.41) is 18.3. The summed E-state index contributed by atoms with van der Waals surface area (Å²) >= 11 is 0. The van der Waals surface area contributed by atoms with Gasteiger partial charge in [-0.15, -0.1) is 0 Å². The van der Waals surface area contributed by atoms with Crippen molar-refractivity contribution >= 4 is 11.9 Å². The molecule has 0 atom stereocenters. The Labute approximate surface area is 114 Å². The molecular formula is C13H12N4O3. The maximum atomic E-state index is 11.0. The van der Waals surface area contributed by atoms with Gasteiger partial charge in [-0.3, -0.25) is 4.98 Å². The van der Waals surface area contributed by atoms with Crippen LogP contribution in [-0.2, 0) is 0 Å². The van der Waals surface area contributed by atoms with E-state index in [4.69, 9.17) is 5.11 Å². The zero-order valence-corrected chi connectivity index (χ0v) is 10.5. The van der Waals surface area contributed by atoms with Crippen molar-refractivity contribution in [2.75, 3.05) is 18.0 Å². The van der Waals surface area contributed by atoms with Crippen LogP contribution >= 0.6 is 0 Å². The second-order valence-corrected chi connectivity index (χ2v) is 4.54. The maximum absolute atomic E-state index is 11.0. The summed E-state index contributed by atoms with van der Waals surface area (Å²) in [4.78, 5) is 25.4. The molecule has 0 unspecified atom stereocenters. The molecule has 102 valence electrons. The molecule has 2 N–H and O–H groups in total. The lowest BCUT2D eigenvalue weighted by molar-refractivity contribution is 0.0696. The molecule has 0 amide bonds. The van der Waals surface area contributed by atoms with Gasteiger partial charge in [-0.25, -0.2) is 14.8 Å². The summed E-state index contributed by atoms with van der Waals surface area (Å²) in [5.41, 5.74) is 1.20. The van der Waals surface area contributed by atoms with Gasteiger partial charge in [-0.2, -0.15) is 0 Å². The zero-order chi connectivity index (χ0) is 14.1. The molecule has 1 saturated heterocycles. The fourth-order valence-corrected chi connectivity index (χ4v) is 1.97. The highest BCUT2D eigenvalue weighted by atomic mass is 16.4. The highest BCUT2D eigenvalue weighted by Gasteiger charge is 2.26. The monoisotopic (exact) mass is 272 g/mol. The first-order valence-electron chi connectivity index (χ1n) is 6.09. The number of carbonyl (C=O) groups is 1. The SMILES string of the molecule is O=C(O)c1ccnc(-c2ccnc(N3CC(O)C3)n2)c1. The number of anilines is 1. The maximum Gasteiger partial charge on any atom is 0.335 e. The van der Waals surface area contributed by atoms with Gasteiger partial charge in [0.25, 0.3) is 0 Å². The highest BCUT2D eigenvalue weighted by Crippen LogP contribution is 2.20. The Morgan fingerprint density at radius 1 is 1.20 bits per heavy atom. The van der Waals surface area contributed by atoms with E-state index in [-0.39, 0.29) is 11.7 Å². The molecule has 2 aromatic heterocycles. The lowest BCUT2D eigenvalue weighted by atomic mass is 10.2. The second-order valence-electron chi connectivity index (χ2n) is 4.54. The Bertz CT molecular complexity index is 656. The fraction of sp³-hybridized carbons (Fsp3) is 0.231. The Hall–Kier alpha value is -2.54. The van der Waals surface area contributed by atoms with Crippen LogP contribution in [0.5, 0.6) is 0 Å². The molecule has 1 fully saturated rings. The van der Waals surface area contributed by atoms with Crippen molar-refractivity contribution in [1.29, 1.82) is 0 Å². The molecular weight excluding hydrogens is 260 g/mol. The van der Waals surface area contributed by atoms with E-state index in [1.54, 1.807) is 12.3 Å². The van der Waals surface area contributed by atoms with Gasteiger partial charge in [-0.05, 0) is 18.2 Å². The summed E-state index contributed by atoms with van der Waals surface area (Å²) < 4.78 is 0. The quantitative estimate of drug-likeness (QED) is 0.835. The smallest absolute Gasteiger partial charge is 0.335 e. The highest BCUT2D eigenvalue weighted by molar-refractivity contribution is 5.88. The van der Waals surface area contributed by atoms with Gasteiger partial charge in [0.1, 0.15) is 0 Å². The number of aliphatic hydroxyl groups is 1. The number of aromatic nitrogens is 3. The van der Waals surface area contributed by atoms with E-state index in [9.17, 15) is 9.90 Å². The molecule has 0 saturated carbocycles. The standard InChI is InChI=1S/C13H12N4O3/c18-9-6-17(7-9)13-15-4-2-10(16-13)11-5-8(12(19)20)1-3-14-11/h1-5,9,18H,6-7H2,(H,19,20). The van der Waals surface area contributed by atoms with Crippen LogP contribution in [0.25, 0.3) is 11.4 Å². The number of aliphatic hydroxyl groups excluding tert-OH is 1. The Morgan fingerprint density at radius 3 is 2.65 bits per heavy atom. The zero-order valence-electron chi connectivity index (χ0n) is 10.5. The van der Waals surface area contributed by atoms with Crippen LogP contribution in [0.15, 0.2) is 30.6 Å². The molecule has 7 nitrogen and oxygen atoms in total. The van der Waals surface area contributed by atoms with Crippen molar-refractivity contribution in [2.45, 2.75) is 6.10 Å². The van der Waals surface area contributed by atoms with Crippen molar-refractivity contribution in [3.8, 4) is 11.4 Å². The molecule has 1 aliphatic heterocycles. The molecule has 3 heterocycles. The minimum atomic E-state index is -1.01. The molecule has 0 radical (unpaired) electrons. The van der Waals surface area contributed by atoms with Gasteiger partial charge in [0.15, 0.2) is 0 Å². The summed E-state index contributed by atoms with van der Waals surface area (Å²) in [6.07, 6.45) is 2.70. The van der Waals surface area contributed by atoms with E-state index in [0.29, 0.717) is 30.4 Å². The summed E-state index contributed by atoms with van der Waals surface area (Å²) in [6.45, 7) is 1.01. The van der Waals surface area contributed by atoms with E-state index in [0.717, 1.165) is 0 Å². The average Bonchev–Trinajstić information content (AvgIpc) is 2.44. The van der Waals surface area contributed by atoms with E-state index < -0.39 is 5.97 Å². The first-order chi connectivity index (χ1) is 9.63. The van der Waals surface area contributed by atoms with Crippen LogP contribution < -0.4 is 4.90 Å². The fourth-order valence-electron chi connectivity index (χ4n) is 1.97. The number of aromatic carboxylic acids is 1. The van der Waals surface area contributed by atoms with Gasteiger partial charge < -0.3 is 15.1 Å². The van der Waals surface area contributed by atoms with Crippen LogP contribution in [0.3, 0.4) is 0 Å². The minimum Gasteiger partial charge on any atom is -0.478 e. The topological polar surface area (TPSA) is 99.4 Å². The van der Waals surface area contributed by atoms with Gasteiger partial charge >= 0.3 is 5.97 Å². The van der Waals surface area contributed by atoms with Crippen molar-refractivity contribution < 1.29 is 15.0 Å². The Kier molecular flexibility index (Phi) is 3.03. The van der Waals surface area contributed by atoms with E-state index in [1.807, 2.05) is 4.90 Å². The Balaban J connectivity index is 1.92. The molecule has 0 bridgehead atoms. The molecule has 0 aliphatic carbocycles. The number of nitrogens with zero attached hydrogens (tertiary/aromatic N) is 4. The van der Waals surface area contributed by atoms with Crippen molar-refractivity contribution in [3.05, 3.63) is 36.2 Å². The van der Waals surface area contributed by atoms with Gasteiger partial charge in [0, 0.05) is 25.5 Å². The number of hydrogen-bond donors (Lipinski definition) is 2. The van der Waals surface area contributed by atoms with Gasteiger partial charge in [0.2, 0.25) is 5.95 Å². The third kappa shape index (κ3) is 2.30. The normalized spacial score (nSPS) is 14.9. The number of rotatable bonds is 3. The average molecular weight is 272 g/mol. The molecule has 3 rings (SSSR count). The second kappa shape index (κ2) is 4.86. The van der Waals surface area contributed by atoms with Crippen molar-refractivity contribution in [2.24, 2.45) is 0 Å². The minimum absolute atomic E-state index is 0.162. The summed E-state index contributed by atoms with van der Waals surface area (Å²) in [6, 6.07) is 4.58. The third-order valence-corrected chi connectivity index (χ3v) is 3.06. The number of hydrogen-bond acceptors (Lipinski definition) is 6. The van der Waals surface area contributed by atoms with Crippen molar-refractivity contribution in [1.82, 2.24) is 15.0 Å². The molecule has 0 aromatic carbocycles.